The lowest BCUT2D eigenvalue weighted by atomic mass is 10.1. The number of hydrogen-bond donors (Lipinski definition) is 3. The van der Waals surface area contributed by atoms with Crippen molar-refractivity contribution >= 4 is 5.91 Å². The zero-order valence-electron chi connectivity index (χ0n) is 15.8. The Morgan fingerprint density at radius 2 is 2.25 bits per heavy atom. The van der Waals surface area contributed by atoms with Gasteiger partial charge in [0.25, 0.3) is 5.91 Å². The lowest BCUT2D eigenvalue weighted by Crippen LogP contribution is -2.53. The number of nitrogens with one attached hydrogen (secondary N) is 1. The molecular formula is C19H25FN4O4. The molecule has 8 nitrogen and oxygen atoms in total. The fourth-order valence-corrected chi connectivity index (χ4v) is 3.68. The van der Waals surface area contributed by atoms with E-state index in [1.165, 1.54) is 29.1 Å². The molecule has 1 aliphatic rings. The Morgan fingerprint density at radius 1 is 1.46 bits per heavy atom. The number of nitrogens with zero attached hydrogens (tertiary/aromatic N) is 3. The van der Waals surface area contributed by atoms with Crippen LogP contribution in [0.25, 0.3) is 0 Å². The van der Waals surface area contributed by atoms with Crippen LogP contribution in [0.15, 0.2) is 36.5 Å². The summed E-state index contributed by atoms with van der Waals surface area (Å²) in [5, 5.41) is 27.0. The van der Waals surface area contributed by atoms with Crippen molar-refractivity contribution in [1.29, 1.82) is 0 Å². The normalized spacial score (nSPS) is 24.5. The predicted octanol–water partition coefficient (Wildman–Crippen LogP) is 0.162. The first-order valence-corrected chi connectivity index (χ1v) is 9.11. The highest BCUT2D eigenvalue weighted by Gasteiger charge is 2.46. The number of benzene rings is 1. The summed E-state index contributed by atoms with van der Waals surface area (Å²) in [7, 11) is 3.43. The molecular weight excluding hydrogens is 367 g/mol. The summed E-state index contributed by atoms with van der Waals surface area (Å²) in [6, 6.07) is 6.42. The summed E-state index contributed by atoms with van der Waals surface area (Å²) in [6.45, 7) is 0.240. The summed E-state index contributed by atoms with van der Waals surface area (Å²) in [4.78, 5) is 14.4. The van der Waals surface area contributed by atoms with Crippen LogP contribution in [0.5, 0.6) is 5.75 Å². The topological polar surface area (TPSA) is 99.8 Å². The van der Waals surface area contributed by atoms with Crippen LogP contribution in [0, 0.1) is 5.82 Å². The third kappa shape index (κ3) is 4.32. The summed E-state index contributed by atoms with van der Waals surface area (Å²) in [5.41, 5.74) is 0.396. The standard InChI is InChI=1S/C19H25FN4O4/c1-23(8-9-25)17-14(22-19(27)15-6-7-21-24(15)2)11-16(18(17)26)28-13-5-3-4-12(20)10-13/h3-7,10,14,16-18,25-26H,8-9,11H2,1-2H3,(H,22,27)/t14-,16-,17+,18+/m1/s1. The summed E-state index contributed by atoms with van der Waals surface area (Å²) < 4.78 is 20.7. The second-order valence-corrected chi connectivity index (χ2v) is 6.95. The van der Waals surface area contributed by atoms with Gasteiger partial charge in [-0.25, -0.2) is 4.39 Å². The molecule has 0 bridgehead atoms. The average Bonchev–Trinajstić information content (AvgIpc) is 3.19. The van der Waals surface area contributed by atoms with Gasteiger partial charge in [-0.1, -0.05) is 6.07 Å². The SMILES string of the molecule is CN(CCO)[C@@H]1[C@@H](O)[C@H](Oc2cccc(F)c2)C[C@H]1NC(=O)c1ccnn1C. The van der Waals surface area contributed by atoms with Gasteiger partial charge in [-0.2, -0.15) is 5.10 Å². The molecule has 1 aliphatic carbocycles. The van der Waals surface area contributed by atoms with Crippen LogP contribution < -0.4 is 10.1 Å². The summed E-state index contributed by atoms with van der Waals surface area (Å²) in [5.74, 6) is -0.433. The number of aromatic nitrogens is 2. The van der Waals surface area contributed by atoms with Crippen LogP contribution in [0.1, 0.15) is 16.9 Å². The van der Waals surface area contributed by atoms with E-state index in [-0.39, 0.29) is 12.5 Å². The first-order valence-electron chi connectivity index (χ1n) is 9.11. The number of aliphatic hydroxyl groups is 2. The Hall–Kier alpha value is -2.49. The maximum absolute atomic E-state index is 13.4. The van der Waals surface area contributed by atoms with E-state index in [1.54, 1.807) is 31.1 Å². The van der Waals surface area contributed by atoms with Gasteiger partial charge >= 0.3 is 0 Å². The fourth-order valence-electron chi connectivity index (χ4n) is 3.68. The Kier molecular flexibility index (Phi) is 6.28. The number of ether oxygens (including phenoxy) is 1. The molecule has 0 aliphatic heterocycles. The van der Waals surface area contributed by atoms with E-state index >= 15 is 0 Å². The Bertz CT molecular complexity index is 815. The highest BCUT2D eigenvalue weighted by molar-refractivity contribution is 5.92. The fraction of sp³-hybridized carbons (Fsp3) is 0.474. The maximum Gasteiger partial charge on any atom is 0.269 e. The van der Waals surface area contributed by atoms with E-state index in [1.807, 2.05) is 0 Å². The summed E-state index contributed by atoms with van der Waals surface area (Å²) >= 11 is 0. The van der Waals surface area contributed by atoms with Gasteiger partial charge in [0.05, 0.1) is 18.7 Å². The highest BCUT2D eigenvalue weighted by atomic mass is 19.1. The van der Waals surface area contributed by atoms with Crippen LogP contribution in [-0.4, -0.2) is 75.3 Å². The second kappa shape index (κ2) is 8.68. The van der Waals surface area contributed by atoms with Gasteiger partial charge in [-0.15, -0.1) is 0 Å². The first kappa shape index (κ1) is 20.2. The van der Waals surface area contributed by atoms with Crippen molar-refractivity contribution < 1.29 is 24.1 Å². The first-order chi connectivity index (χ1) is 13.4. The molecule has 3 rings (SSSR count). The van der Waals surface area contributed by atoms with Crippen LogP contribution in [0.2, 0.25) is 0 Å². The van der Waals surface area contributed by atoms with Crippen molar-refractivity contribution in [2.75, 3.05) is 20.2 Å². The average molecular weight is 392 g/mol. The zero-order chi connectivity index (χ0) is 20.3. The number of halogens is 1. The molecule has 2 aromatic rings. The molecule has 1 amide bonds. The molecule has 1 aromatic carbocycles. The third-order valence-electron chi connectivity index (χ3n) is 5.04. The van der Waals surface area contributed by atoms with Gasteiger partial charge in [0.15, 0.2) is 0 Å². The van der Waals surface area contributed by atoms with E-state index in [9.17, 15) is 19.4 Å². The quantitative estimate of drug-likeness (QED) is 0.621. The molecule has 1 heterocycles. The Morgan fingerprint density at radius 3 is 2.89 bits per heavy atom. The van der Waals surface area contributed by atoms with E-state index < -0.39 is 30.1 Å². The number of aryl methyl sites for hydroxylation is 1. The number of hydrogen-bond acceptors (Lipinski definition) is 6. The van der Waals surface area contributed by atoms with Gasteiger partial charge in [-0.3, -0.25) is 14.4 Å². The zero-order valence-corrected chi connectivity index (χ0v) is 15.8. The largest absolute Gasteiger partial charge is 0.487 e. The van der Waals surface area contributed by atoms with Gasteiger partial charge in [0.2, 0.25) is 0 Å². The van der Waals surface area contributed by atoms with Crippen molar-refractivity contribution in [2.45, 2.75) is 30.7 Å². The third-order valence-corrected chi connectivity index (χ3v) is 5.04. The van der Waals surface area contributed by atoms with Gasteiger partial charge in [0, 0.05) is 32.3 Å². The molecule has 0 unspecified atom stereocenters. The minimum absolute atomic E-state index is 0.0858. The van der Waals surface area contributed by atoms with Crippen LogP contribution >= 0.6 is 0 Å². The number of amides is 1. The number of rotatable bonds is 7. The molecule has 1 saturated carbocycles. The molecule has 0 saturated heterocycles. The van der Waals surface area contributed by atoms with E-state index in [0.29, 0.717) is 24.4 Å². The monoisotopic (exact) mass is 392 g/mol. The van der Waals surface area contributed by atoms with Crippen molar-refractivity contribution in [3.63, 3.8) is 0 Å². The molecule has 9 heteroatoms. The van der Waals surface area contributed by atoms with Crippen LogP contribution in [0.4, 0.5) is 4.39 Å². The Balaban J connectivity index is 1.78. The van der Waals surface area contributed by atoms with E-state index in [0.717, 1.165) is 0 Å². The van der Waals surface area contributed by atoms with E-state index in [2.05, 4.69) is 10.4 Å². The molecule has 1 aromatic heterocycles. The summed E-state index contributed by atoms with van der Waals surface area (Å²) in [6.07, 6.45) is 0.298. The Labute approximate surface area is 162 Å². The smallest absolute Gasteiger partial charge is 0.269 e. The number of aliphatic hydroxyl groups excluding tert-OH is 2. The minimum atomic E-state index is -0.934. The lowest BCUT2D eigenvalue weighted by molar-refractivity contribution is 0.0109. The highest BCUT2D eigenvalue weighted by Crippen LogP contribution is 2.29. The molecule has 0 spiro atoms. The maximum atomic E-state index is 13.4. The van der Waals surface area contributed by atoms with Crippen LogP contribution in [-0.2, 0) is 7.05 Å². The molecule has 152 valence electrons. The minimum Gasteiger partial charge on any atom is -0.487 e. The number of likely N-dealkylation sites (N-methyl/N-ethyl adjacent to an activating group) is 1. The molecule has 1 fully saturated rings. The van der Waals surface area contributed by atoms with Gasteiger partial charge in [0.1, 0.15) is 29.5 Å². The molecule has 0 radical (unpaired) electrons. The number of carbonyl (C=O) groups excluding carboxylic acids is 1. The van der Waals surface area contributed by atoms with E-state index in [4.69, 9.17) is 4.74 Å². The van der Waals surface area contributed by atoms with Crippen LogP contribution in [0.3, 0.4) is 0 Å². The lowest BCUT2D eigenvalue weighted by Gasteiger charge is -2.31. The number of carbonyl (C=O) groups is 1. The van der Waals surface area contributed by atoms with Crippen molar-refractivity contribution in [3.05, 3.63) is 48.0 Å². The molecule has 3 N–H and O–H groups in total. The van der Waals surface area contributed by atoms with Gasteiger partial charge in [-0.05, 0) is 25.2 Å². The van der Waals surface area contributed by atoms with Crippen molar-refractivity contribution in [1.82, 2.24) is 20.0 Å². The predicted molar refractivity (Wildman–Crippen MR) is 99.4 cm³/mol. The van der Waals surface area contributed by atoms with Crippen molar-refractivity contribution in [2.24, 2.45) is 7.05 Å². The second-order valence-electron chi connectivity index (χ2n) is 6.95. The van der Waals surface area contributed by atoms with Crippen molar-refractivity contribution in [3.8, 4) is 5.75 Å². The molecule has 28 heavy (non-hydrogen) atoms. The van der Waals surface area contributed by atoms with Gasteiger partial charge < -0.3 is 20.3 Å². The molecule has 4 atom stereocenters.